The average Bonchev–Trinajstić information content (AvgIpc) is 2.35. The molecule has 0 saturated heterocycles. The Kier molecular flexibility index (Phi) is 10.1. The van der Waals surface area contributed by atoms with Gasteiger partial charge in [-0.15, -0.1) is 0 Å². The number of carboxylic acids is 1. The fourth-order valence-electron chi connectivity index (χ4n) is 1.48. The average molecular weight is 276 g/mol. The van der Waals surface area contributed by atoms with Crippen molar-refractivity contribution in [1.29, 1.82) is 0 Å². The van der Waals surface area contributed by atoms with E-state index in [0.717, 1.165) is 0 Å². The van der Waals surface area contributed by atoms with E-state index in [2.05, 4.69) is 0 Å². The Morgan fingerprint density at radius 2 is 1.63 bits per heavy atom. The third-order valence-corrected chi connectivity index (χ3v) is 2.44. The van der Waals surface area contributed by atoms with Gasteiger partial charge in [0.15, 0.2) is 0 Å². The number of carboxylic acid groups (broad SMARTS) is 1. The predicted octanol–water partition coefficient (Wildman–Crippen LogP) is -0.310. The molecule has 0 bridgehead atoms. The molecular formula is C12H24N2O5. The molecule has 1 atom stereocenters. The smallest absolute Gasteiger partial charge is 0.305 e. The van der Waals surface area contributed by atoms with Crippen molar-refractivity contribution < 1.29 is 24.2 Å². The van der Waals surface area contributed by atoms with Crippen LogP contribution in [0.15, 0.2) is 0 Å². The van der Waals surface area contributed by atoms with Gasteiger partial charge in [-0.25, -0.2) is 0 Å². The standard InChI is InChI=1S/C12H24N2O5/c1-3-18-7-5-14(6-8-19-4-2)12(17)10(13)9-11(15)16/h10H,3-9,13H2,1-2H3,(H,15,16). The van der Waals surface area contributed by atoms with Crippen LogP contribution in [0, 0.1) is 0 Å². The summed E-state index contributed by atoms with van der Waals surface area (Å²) in [5.41, 5.74) is 5.57. The summed E-state index contributed by atoms with van der Waals surface area (Å²) >= 11 is 0. The zero-order valence-corrected chi connectivity index (χ0v) is 11.6. The van der Waals surface area contributed by atoms with Gasteiger partial charge in [0.25, 0.3) is 0 Å². The topological polar surface area (TPSA) is 102 Å². The highest BCUT2D eigenvalue weighted by molar-refractivity contribution is 5.85. The van der Waals surface area contributed by atoms with Crippen molar-refractivity contribution in [1.82, 2.24) is 4.90 Å². The first-order valence-electron chi connectivity index (χ1n) is 6.44. The largest absolute Gasteiger partial charge is 0.481 e. The van der Waals surface area contributed by atoms with Crippen molar-refractivity contribution in [2.24, 2.45) is 5.73 Å². The SMILES string of the molecule is CCOCCN(CCOCC)C(=O)C(N)CC(=O)O. The summed E-state index contributed by atoms with van der Waals surface area (Å²) in [6.45, 7) is 6.41. The number of rotatable bonds is 11. The Labute approximate surface area is 113 Å². The summed E-state index contributed by atoms with van der Waals surface area (Å²) in [4.78, 5) is 24.0. The Bertz CT molecular complexity index is 263. The van der Waals surface area contributed by atoms with Crippen LogP contribution in [-0.4, -0.2) is 67.4 Å². The maximum Gasteiger partial charge on any atom is 0.305 e. The van der Waals surface area contributed by atoms with Crippen molar-refractivity contribution in [3.05, 3.63) is 0 Å². The lowest BCUT2D eigenvalue weighted by atomic mass is 10.2. The molecule has 1 amide bonds. The molecule has 7 heteroatoms. The molecule has 1 unspecified atom stereocenters. The lowest BCUT2D eigenvalue weighted by Gasteiger charge is -2.25. The van der Waals surface area contributed by atoms with Gasteiger partial charge in [-0.2, -0.15) is 0 Å². The minimum absolute atomic E-state index is 0.376. The first-order chi connectivity index (χ1) is 9.02. The van der Waals surface area contributed by atoms with Gasteiger partial charge in [0, 0.05) is 26.3 Å². The molecule has 0 rings (SSSR count). The number of amides is 1. The monoisotopic (exact) mass is 276 g/mol. The summed E-state index contributed by atoms with van der Waals surface area (Å²) in [5.74, 6) is -1.47. The Morgan fingerprint density at radius 3 is 2.00 bits per heavy atom. The lowest BCUT2D eigenvalue weighted by molar-refractivity contribution is -0.142. The molecule has 0 aromatic heterocycles. The van der Waals surface area contributed by atoms with E-state index >= 15 is 0 Å². The molecule has 7 nitrogen and oxygen atoms in total. The summed E-state index contributed by atoms with van der Waals surface area (Å²) in [5, 5.41) is 8.64. The van der Waals surface area contributed by atoms with E-state index in [9.17, 15) is 9.59 Å². The summed E-state index contributed by atoms with van der Waals surface area (Å²) < 4.78 is 10.4. The van der Waals surface area contributed by atoms with E-state index in [1.807, 2.05) is 13.8 Å². The molecule has 0 spiro atoms. The number of hydrogen-bond acceptors (Lipinski definition) is 5. The first-order valence-corrected chi connectivity index (χ1v) is 6.44. The van der Waals surface area contributed by atoms with E-state index in [4.69, 9.17) is 20.3 Å². The maximum atomic E-state index is 12.0. The third-order valence-electron chi connectivity index (χ3n) is 2.44. The van der Waals surface area contributed by atoms with Crippen LogP contribution < -0.4 is 5.73 Å². The Morgan fingerprint density at radius 1 is 1.16 bits per heavy atom. The number of carbonyl (C=O) groups is 2. The summed E-state index contributed by atoms with van der Waals surface area (Å²) in [6.07, 6.45) is -0.376. The van der Waals surface area contributed by atoms with Crippen LogP contribution in [0.1, 0.15) is 20.3 Å². The fraction of sp³-hybridized carbons (Fsp3) is 0.833. The van der Waals surface area contributed by atoms with Crippen LogP contribution in [0.25, 0.3) is 0 Å². The number of ether oxygens (including phenoxy) is 2. The molecule has 0 aliphatic carbocycles. The van der Waals surface area contributed by atoms with Crippen LogP contribution in [0.5, 0.6) is 0 Å². The normalized spacial score (nSPS) is 12.2. The van der Waals surface area contributed by atoms with Gasteiger partial charge < -0.3 is 25.2 Å². The van der Waals surface area contributed by atoms with E-state index in [1.165, 1.54) is 4.90 Å². The Balaban J connectivity index is 4.33. The quantitative estimate of drug-likeness (QED) is 0.502. The van der Waals surface area contributed by atoms with Gasteiger partial charge in [0.1, 0.15) is 0 Å². The second kappa shape index (κ2) is 10.7. The number of nitrogens with two attached hydrogens (primary N) is 1. The molecule has 0 fully saturated rings. The van der Waals surface area contributed by atoms with Gasteiger partial charge in [0.05, 0.1) is 25.7 Å². The molecule has 112 valence electrons. The molecule has 0 saturated carbocycles. The van der Waals surface area contributed by atoms with Gasteiger partial charge in [-0.1, -0.05) is 0 Å². The number of hydrogen-bond donors (Lipinski definition) is 2. The van der Waals surface area contributed by atoms with E-state index in [1.54, 1.807) is 0 Å². The van der Waals surface area contributed by atoms with Gasteiger partial charge >= 0.3 is 5.97 Å². The van der Waals surface area contributed by atoms with E-state index in [-0.39, 0.29) is 12.3 Å². The van der Waals surface area contributed by atoms with Crippen LogP contribution in [-0.2, 0) is 19.1 Å². The molecular weight excluding hydrogens is 252 g/mol. The fourth-order valence-corrected chi connectivity index (χ4v) is 1.48. The summed E-state index contributed by atoms with van der Waals surface area (Å²) in [7, 11) is 0. The van der Waals surface area contributed by atoms with Gasteiger partial charge in [-0.3, -0.25) is 9.59 Å². The number of aliphatic carboxylic acids is 1. The van der Waals surface area contributed by atoms with E-state index < -0.39 is 12.0 Å². The zero-order chi connectivity index (χ0) is 14.7. The van der Waals surface area contributed by atoms with Crippen molar-refractivity contribution >= 4 is 11.9 Å². The highest BCUT2D eigenvalue weighted by atomic mass is 16.5. The highest BCUT2D eigenvalue weighted by Crippen LogP contribution is 1.99. The van der Waals surface area contributed by atoms with Crippen LogP contribution in [0.4, 0.5) is 0 Å². The lowest BCUT2D eigenvalue weighted by Crippen LogP contribution is -2.47. The maximum absolute atomic E-state index is 12.0. The minimum Gasteiger partial charge on any atom is -0.481 e. The molecule has 0 aliphatic heterocycles. The van der Waals surface area contributed by atoms with E-state index in [0.29, 0.717) is 39.5 Å². The van der Waals surface area contributed by atoms with Crippen LogP contribution in [0.2, 0.25) is 0 Å². The molecule has 0 aliphatic rings. The van der Waals surface area contributed by atoms with Crippen LogP contribution >= 0.6 is 0 Å². The minimum atomic E-state index is -1.09. The first kappa shape index (κ1) is 17.8. The van der Waals surface area contributed by atoms with Gasteiger partial charge in [-0.05, 0) is 13.8 Å². The van der Waals surface area contributed by atoms with Crippen molar-refractivity contribution in [2.45, 2.75) is 26.3 Å². The molecule has 0 heterocycles. The molecule has 3 N–H and O–H groups in total. The van der Waals surface area contributed by atoms with Crippen molar-refractivity contribution in [2.75, 3.05) is 39.5 Å². The van der Waals surface area contributed by atoms with Gasteiger partial charge in [0.2, 0.25) is 5.91 Å². The second-order valence-corrected chi connectivity index (χ2v) is 3.92. The number of nitrogens with zero attached hydrogens (tertiary/aromatic N) is 1. The third kappa shape index (κ3) is 8.52. The molecule has 0 aromatic rings. The molecule has 19 heavy (non-hydrogen) atoms. The summed E-state index contributed by atoms with van der Waals surface area (Å²) in [6, 6.07) is -1.03. The second-order valence-electron chi connectivity index (χ2n) is 3.92. The van der Waals surface area contributed by atoms with Crippen molar-refractivity contribution in [3.8, 4) is 0 Å². The number of carbonyl (C=O) groups excluding carboxylic acids is 1. The Hall–Kier alpha value is -1.18. The molecule has 0 aromatic carbocycles. The predicted molar refractivity (Wildman–Crippen MR) is 69.8 cm³/mol. The zero-order valence-electron chi connectivity index (χ0n) is 11.6. The molecule has 0 radical (unpaired) electrons. The van der Waals surface area contributed by atoms with Crippen molar-refractivity contribution in [3.63, 3.8) is 0 Å². The highest BCUT2D eigenvalue weighted by Gasteiger charge is 2.22. The van der Waals surface area contributed by atoms with Crippen LogP contribution in [0.3, 0.4) is 0 Å².